The van der Waals surface area contributed by atoms with E-state index in [4.69, 9.17) is 19.5 Å². The molecular formula is C4H10N2O4. The summed E-state index contributed by atoms with van der Waals surface area (Å²) in [4.78, 5) is 26.0. The topological polar surface area (TPSA) is 123 Å². The second kappa shape index (κ2) is 15.7. The van der Waals surface area contributed by atoms with Crippen LogP contribution in [-0.2, 0) is 9.59 Å². The first-order valence-corrected chi connectivity index (χ1v) is 2.00. The Morgan fingerprint density at radius 1 is 1.30 bits per heavy atom. The Labute approximate surface area is 57.8 Å². The molecule has 0 aliphatic heterocycles. The monoisotopic (exact) mass is 150 g/mol. The maximum atomic E-state index is 9.00. The fourth-order valence-corrected chi connectivity index (χ4v) is 0. The molecule has 0 saturated carbocycles. The van der Waals surface area contributed by atoms with E-state index in [2.05, 4.69) is 11.5 Å². The highest BCUT2D eigenvalue weighted by atomic mass is 16.4. The van der Waals surface area contributed by atoms with Crippen LogP contribution in [0.4, 0.5) is 4.79 Å². The number of rotatable bonds is 0. The predicted octanol–water partition coefficient (Wildman–Crippen LogP) is -1.07. The van der Waals surface area contributed by atoms with Gasteiger partial charge in [-0.2, -0.15) is 0 Å². The molecule has 0 fully saturated rings. The van der Waals surface area contributed by atoms with Gasteiger partial charge in [0.15, 0.2) is 0 Å². The third-order valence-electron chi connectivity index (χ3n) is 0. The van der Waals surface area contributed by atoms with E-state index in [1.165, 1.54) is 0 Å². The van der Waals surface area contributed by atoms with Crippen molar-refractivity contribution < 1.29 is 19.5 Å². The number of urea groups is 1. The molecule has 0 heterocycles. The first-order valence-electron chi connectivity index (χ1n) is 2.00. The summed E-state index contributed by atoms with van der Waals surface area (Å²) >= 11 is 0. The summed E-state index contributed by atoms with van der Waals surface area (Å²) in [6.45, 7) is 3.08. The van der Waals surface area contributed by atoms with E-state index >= 15 is 0 Å². The lowest BCUT2D eigenvalue weighted by atomic mass is 10.9. The molecule has 0 atom stereocenters. The first kappa shape index (κ1) is 15.8. The van der Waals surface area contributed by atoms with Crippen molar-refractivity contribution in [2.24, 2.45) is 11.5 Å². The molecule has 0 aliphatic carbocycles. The standard InChI is InChI=1S/C2H4O2.CH4N2O.CH2O/c1-2(3)4;2-1(3)4;1-2/h1H3,(H,3,4);(H4,2,3,4);1H2. The maximum Gasteiger partial charge on any atom is 0.309 e. The van der Waals surface area contributed by atoms with E-state index in [-0.39, 0.29) is 0 Å². The Morgan fingerprint density at radius 2 is 1.30 bits per heavy atom. The summed E-state index contributed by atoms with van der Waals surface area (Å²) in [5.74, 6) is -0.833. The maximum absolute atomic E-state index is 9.00. The van der Waals surface area contributed by atoms with Gasteiger partial charge in [0.05, 0.1) is 0 Å². The van der Waals surface area contributed by atoms with Crippen LogP contribution in [0.1, 0.15) is 6.92 Å². The largest absolute Gasteiger partial charge is 0.481 e. The zero-order valence-electron chi connectivity index (χ0n) is 5.53. The molecular weight excluding hydrogens is 140 g/mol. The smallest absolute Gasteiger partial charge is 0.309 e. The fourth-order valence-electron chi connectivity index (χ4n) is 0. The van der Waals surface area contributed by atoms with Crippen LogP contribution >= 0.6 is 0 Å². The van der Waals surface area contributed by atoms with E-state index in [0.717, 1.165) is 6.92 Å². The molecule has 6 nitrogen and oxygen atoms in total. The van der Waals surface area contributed by atoms with Crippen LogP contribution in [0.15, 0.2) is 0 Å². The van der Waals surface area contributed by atoms with Gasteiger partial charge in [0, 0.05) is 6.92 Å². The minimum Gasteiger partial charge on any atom is -0.481 e. The summed E-state index contributed by atoms with van der Waals surface area (Å²) < 4.78 is 0. The lowest BCUT2D eigenvalue weighted by Crippen LogP contribution is -2.18. The fraction of sp³-hybridized carbons (Fsp3) is 0.250. The Balaban J connectivity index is -0.0000000787. The van der Waals surface area contributed by atoms with Crippen molar-refractivity contribution in [1.82, 2.24) is 0 Å². The zero-order chi connectivity index (χ0) is 9.15. The number of carbonyl (C=O) groups is 3. The molecule has 5 N–H and O–H groups in total. The lowest BCUT2D eigenvalue weighted by Gasteiger charge is -1.62. The van der Waals surface area contributed by atoms with E-state index < -0.39 is 12.0 Å². The van der Waals surface area contributed by atoms with Crippen LogP contribution in [0.5, 0.6) is 0 Å². The molecule has 2 amide bonds. The number of carbonyl (C=O) groups excluding carboxylic acids is 2. The average molecular weight is 150 g/mol. The van der Waals surface area contributed by atoms with Crippen LogP contribution in [0, 0.1) is 0 Å². The summed E-state index contributed by atoms with van der Waals surface area (Å²) in [6, 6.07) is -0.833. The molecule has 0 spiro atoms. The van der Waals surface area contributed by atoms with Gasteiger partial charge >= 0.3 is 6.03 Å². The molecule has 0 radical (unpaired) electrons. The highest BCUT2D eigenvalue weighted by Gasteiger charge is 1.65. The van der Waals surface area contributed by atoms with Gasteiger partial charge in [-0.05, 0) is 0 Å². The number of nitrogens with two attached hydrogens (primary N) is 2. The number of hydrogen-bond acceptors (Lipinski definition) is 3. The van der Waals surface area contributed by atoms with Crippen molar-refractivity contribution in [3.05, 3.63) is 0 Å². The number of amides is 2. The minimum absolute atomic E-state index is 0.833. The van der Waals surface area contributed by atoms with Crippen LogP contribution < -0.4 is 11.5 Å². The van der Waals surface area contributed by atoms with E-state index in [9.17, 15) is 0 Å². The molecule has 6 heteroatoms. The van der Waals surface area contributed by atoms with Crippen molar-refractivity contribution >= 4 is 18.8 Å². The van der Waals surface area contributed by atoms with Gasteiger partial charge < -0.3 is 21.4 Å². The Morgan fingerprint density at radius 3 is 1.30 bits per heavy atom. The predicted molar refractivity (Wildman–Crippen MR) is 34.2 cm³/mol. The van der Waals surface area contributed by atoms with Gasteiger partial charge in [0.2, 0.25) is 0 Å². The highest BCUT2D eigenvalue weighted by Crippen LogP contribution is 1.42. The van der Waals surface area contributed by atoms with E-state index in [0.29, 0.717) is 0 Å². The molecule has 0 bridgehead atoms. The molecule has 0 aromatic rings. The number of carboxylic acid groups (broad SMARTS) is 1. The Kier molecular flexibility index (Phi) is 24.7. The second-order valence-corrected chi connectivity index (χ2v) is 0.921. The van der Waals surface area contributed by atoms with Crippen LogP contribution in [-0.4, -0.2) is 23.9 Å². The SMILES string of the molecule is C=O.CC(=O)O.NC(N)=O. The quantitative estimate of drug-likeness (QED) is 0.406. The summed E-state index contributed by atoms with van der Waals surface area (Å²) in [5, 5.41) is 7.42. The molecule has 0 saturated heterocycles. The van der Waals surface area contributed by atoms with Gasteiger partial charge in [-0.3, -0.25) is 4.79 Å². The third kappa shape index (κ3) is 74.2. The van der Waals surface area contributed by atoms with Crippen molar-refractivity contribution in [2.45, 2.75) is 6.92 Å². The lowest BCUT2D eigenvalue weighted by molar-refractivity contribution is -0.134. The molecule has 0 unspecified atom stereocenters. The van der Waals surface area contributed by atoms with E-state index in [1.807, 2.05) is 6.79 Å². The summed E-state index contributed by atoms with van der Waals surface area (Å²) in [7, 11) is 0. The minimum atomic E-state index is -0.833. The van der Waals surface area contributed by atoms with Crippen molar-refractivity contribution in [1.29, 1.82) is 0 Å². The molecule has 0 rings (SSSR count). The number of primary amides is 2. The number of hydrogen-bond donors (Lipinski definition) is 3. The first-order chi connectivity index (χ1) is 4.46. The van der Waals surface area contributed by atoms with Gasteiger partial charge in [-0.15, -0.1) is 0 Å². The van der Waals surface area contributed by atoms with Crippen molar-refractivity contribution in [3.63, 3.8) is 0 Å². The molecule has 0 aliphatic rings. The summed E-state index contributed by atoms with van der Waals surface area (Å²) in [6.07, 6.45) is 0. The Hall–Kier alpha value is -1.59. The second-order valence-electron chi connectivity index (χ2n) is 0.921. The van der Waals surface area contributed by atoms with Crippen LogP contribution in [0.2, 0.25) is 0 Å². The third-order valence-corrected chi connectivity index (χ3v) is 0. The number of aliphatic carboxylic acids is 1. The molecule has 60 valence electrons. The highest BCUT2D eigenvalue weighted by molar-refractivity contribution is 5.69. The molecule has 10 heavy (non-hydrogen) atoms. The van der Waals surface area contributed by atoms with Gasteiger partial charge in [-0.25, -0.2) is 4.79 Å². The zero-order valence-corrected chi connectivity index (χ0v) is 5.53. The Bertz CT molecular complexity index is 83.4. The molecule has 0 aromatic heterocycles. The van der Waals surface area contributed by atoms with Gasteiger partial charge in [-0.1, -0.05) is 0 Å². The van der Waals surface area contributed by atoms with Crippen molar-refractivity contribution in [2.75, 3.05) is 0 Å². The van der Waals surface area contributed by atoms with Crippen LogP contribution in [0.25, 0.3) is 0 Å². The summed E-state index contributed by atoms with van der Waals surface area (Å²) in [5.41, 5.74) is 8.50. The average Bonchev–Trinajstić information content (AvgIpc) is 1.66. The van der Waals surface area contributed by atoms with E-state index in [1.54, 1.807) is 0 Å². The molecule has 0 aromatic carbocycles. The van der Waals surface area contributed by atoms with Gasteiger partial charge in [0.1, 0.15) is 6.79 Å². The van der Waals surface area contributed by atoms with Gasteiger partial charge in [0.25, 0.3) is 5.97 Å². The normalized spacial score (nSPS) is 5.30. The van der Waals surface area contributed by atoms with Crippen LogP contribution in [0.3, 0.4) is 0 Å². The number of carboxylic acids is 1. The van der Waals surface area contributed by atoms with Crippen molar-refractivity contribution in [3.8, 4) is 0 Å².